The second kappa shape index (κ2) is 8.81. The van der Waals surface area contributed by atoms with E-state index >= 15 is 0 Å². The van der Waals surface area contributed by atoms with Crippen molar-refractivity contribution in [3.05, 3.63) is 24.3 Å². The highest BCUT2D eigenvalue weighted by atomic mass is 33.5. The maximum atomic E-state index is 5.48. The summed E-state index contributed by atoms with van der Waals surface area (Å²) in [7, 11) is 7.05. The summed E-state index contributed by atoms with van der Waals surface area (Å²) in [6, 6.07) is 9.32. The molecule has 0 aliphatic heterocycles. The quantitative estimate of drug-likeness (QED) is 0.328. The maximum Gasteiger partial charge on any atom is 0.334 e. The van der Waals surface area contributed by atoms with E-state index in [1.165, 1.54) is 4.70 Å². The second-order valence-corrected chi connectivity index (χ2v) is 13.6. The summed E-state index contributed by atoms with van der Waals surface area (Å²) in [4.78, 5) is 4.61. The first kappa shape index (κ1) is 17.6. The number of nitrogens with zero attached hydrogens (tertiary/aromatic N) is 1. The molecule has 116 valence electrons. The van der Waals surface area contributed by atoms with Crippen LogP contribution >= 0.6 is 42.8 Å². The van der Waals surface area contributed by atoms with E-state index in [-0.39, 0.29) is 0 Å². The number of para-hydroxylation sites is 1. The van der Waals surface area contributed by atoms with Gasteiger partial charge < -0.3 is 8.85 Å². The van der Waals surface area contributed by atoms with Gasteiger partial charge in [-0.1, -0.05) is 22.9 Å². The molecule has 1 aromatic carbocycles. The molecule has 0 fully saturated rings. The average molecular weight is 378 g/mol. The Morgan fingerprint density at radius 1 is 1.24 bits per heavy atom. The molecule has 2 rings (SSSR count). The Kier molecular flexibility index (Phi) is 7.40. The van der Waals surface area contributed by atoms with Crippen LogP contribution in [-0.2, 0) is 8.85 Å². The Labute approximate surface area is 142 Å². The molecule has 0 bridgehead atoms. The number of hydrogen-bond acceptors (Lipinski definition) is 7. The summed E-state index contributed by atoms with van der Waals surface area (Å²) >= 11 is 1.76. The van der Waals surface area contributed by atoms with Gasteiger partial charge in [-0.3, -0.25) is 0 Å². The van der Waals surface area contributed by atoms with Gasteiger partial charge in [-0.15, -0.1) is 11.3 Å². The molecule has 0 saturated heterocycles. The van der Waals surface area contributed by atoms with Crippen molar-refractivity contribution in [2.45, 2.75) is 23.4 Å². The van der Waals surface area contributed by atoms with Crippen molar-refractivity contribution in [3.8, 4) is 0 Å². The molecule has 8 heteroatoms. The van der Waals surface area contributed by atoms with Crippen molar-refractivity contribution in [1.82, 2.24) is 4.98 Å². The van der Waals surface area contributed by atoms with Gasteiger partial charge in [0.05, 0.1) is 10.2 Å². The second-order valence-electron chi connectivity index (χ2n) is 4.57. The lowest BCUT2D eigenvalue weighted by Gasteiger charge is -2.22. The highest BCUT2D eigenvalue weighted by Crippen LogP contribution is 2.43. The van der Waals surface area contributed by atoms with Crippen LogP contribution in [0.1, 0.15) is 6.42 Å². The zero-order valence-electron chi connectivity index (χ0n) is 12.3. The van der Waals surface area contributed by atoms with Crippen LogP contribution < -0.4 is 0 Å². The molecule has 0 spiro atoms. The zero-order chi connectivity index (χ0) is 15.1. The lowest BCUT2D eigenvalue weighted by molar-refractivity contribution is 0.249. The summed E-state index contributed by atoms with van der Waals surface area (Å²) in [5.41, 5.74) is 1.09. The van der Waals surface area contributed by atoms with Gasteiger partial charge in [-0.05, 0) is 51.8 Å². The van der Waals surface area contributed by atoms with E-state index in [0.717, 1.165) is 28.1 Å². The Balaban J connectivity index is 1.66. The molecular weight excluding hydrogens is 359 g/mol. The van der Waals surface area contributed by atoms with E-state index in [1.54, 1.807) is 46.2 Å². The molecule has 3 nitrogen and oxygen atoms in total. The molecule has 1 aromatic heterocycles. The van der Waals surface area contributed by atoms with E-state index in [0.29, 0.717) is 0 Å². The summed E-state index contributed by atoms with van der Waals surface area (Å²) in [6.07, 6.45) is 1.13. The molecule has 1 heterocycles. The SMILES string of the molecule is CO[Si](C)(CCCSSSc1nc2ccccc2s1)OC. The predicted octanol–water partition coefficient (Wildman–Crippen LogP) is 5.44. The van der Waals surface area contributed by atoms with Crippen LogP contribution in [-0.4, -0.2) is 33.5 Å². The number of fused-ring (bicyclic) bond motifs is 1. The topological polar surface area (TPSA) is 31.4 Å². The number of rotatable bonds is 9. The summed E-state index contributed by atoms with van der Waals surface area (Å²) in [6.45, 7) is 2.11. The molecule has 0 radical (unpaired) electrons. The van der Waals surface area contributed by atoms with Gasteiger partial charge in [0.1, 0.15) is 0 Å². The van der Waals surface area contributed by atoms with E-state index in [1.807, 2.05) is 16.9 Å². The minimum Gasteiger partial charge on any atom is -0.398 e. The van der Waals surface area contributed by atoms with Crippen molar-refractivity contribution in [3.63, 3.8) is 0 Å². The minimum absolute atomic E-state index is 1.04. The fourth-order valence-corrected chi connectivity index (χ4v) is 8.65. The Morgan fingerprint density at radius 3 is 2.71 bits per heavy atom. The van der Waals surface area contributed by atoms with Crippen molar-refractivity contribution in [2.75, 3.05) is 20.0 Å². The summed E-state index contributed by atoms with van der Waals surface area (Å²) in [5.74, 6) is 1.11. The number of benzene rings is 1. The highest BCUT2D eigenvalue weighted by Gasteiger charge is 2.27. The first-order chi connectivity index (χ1) is 10.2. The van der Waals surface area contributed by atoms with Crippen molar-refractivity contribution in [2.24, 2.45) is 0 Å². The Bertz CT molecular complexity index is 529. The highest BCUT2D eigenvalue weighted by molar-refractivity contribution is 9.09. The molecule has 2 aromatic rings. The molecule has 0 saturated carbocycles. The van der Waals surface area contributed by atoms with Gasteiger partial charge in [0.2, 0.25) is 0 Å². The predicted molar refractivity (Wildman–Crippen MR) is 101 cm³/mol. The maximum absolute atomic E-state index is 5.48. The molecule has 0 aliphatic rings. The van der Waals surface area contributed by atoms with Gasteiger partial charge in [0.25, 0.3) is 0 Å². The van der Waals surface area contributed by atoms with Crippen molar-refractivity contribution in [1.29, 1.82) is 0 Å². The van der Waals surface area contributed by atoms with Gasteiger partial charge >= 0.3 is 8.56 Å². The lowest BCUT2D eigenvalue weighted by atomic mass is 10.3. The first-order valence-corrected chi connectivity index (χ1v) is 13.6. The van der Waals surface area contributed by atoms with Crippen molar-refractivity contribution < 1.29 is 8.85 Å². The average Bonchev–Trinajstić information content (AvgIpc) is 2.93. The Morgan fingerprint density at radius 2 is 2.00 bits per heavy atom. The molecule has 0 N–H and O–H groups in total. The monoisotopic (exact) mass is 377 g/mol. The van der Waals surface area contributed by atoms with Crippen LogP contribution in [0.3, 0.4) is 0 Å². The third kappa shape index (κ3) is 5.45. The van der Waals surface area contributed by atoms with Crippen molar-refractivity contribution >= 4 is 61.5 Å². The number of thiazole rings is 1. The smallest absolute Gasteiger partial charge is 0.334 e. The van der Waals surface area contributed by atoms with E-state index < -0.39 is 8.56 Å². The van der Waals surface area contributed by atoms with Crippen LogP contribution in [0, 0.1) is 0 Å². The van der Waals surface area contributed by atoms with Crippen LogP contribution in [0.4, 0.5) is 0 Å². The fourth-order valence-electron chi connectivity index (χ4n) is 1.71. The first-order valence-electron chi connectivity index (χ1n) is 6.59. The minimum atomic E-state index is -1.88. The van der Waals surface area contributed by atoms with E-state index in [2.05, 4.69) is 29.7 Å². The number of aromatic nitrogens is 1. The van der Waals surface area contributed by atoms with Crippen LogP contribution in [0.15, 0.2) is 28.6 Å². The molecule has 0 amide bonds. The van der Waals surface area contributed by atoms with Crippen LogP contribution in [0.2, 0.25) is 12.6 Å². The molecular formula is C13H19NO2S4Si. The Hall–Kier alpha value is 0.297. The molecule has 0 atom stereocenters. The summed E-state index contributed by atoms with van der Waals surface area (Å²) < 4.78 is 13.4. The van der Waals surface area contributed by atoms with Gasteiger partial charge in [-0.2, -0.15) is 0 Å². The van der Waals surface area contributed by atoms with Crippen LogP contribution in [0.25, 0.3) is 10.2 Å². The molecule has 21 heavy (non-hydrogen) atoms. The molecule has 0 aliphatic carbocycles. The number of hydrogen-bond donors (Lipinski definition) is 0. The fraction of sp³-hybridized carbons (Fsp3) is 0.462. The summed E-state index contributed by atoms with van der Waals surface area (Å²) in [5, 5.41) is 0. The largest absolute Gasteiger partial charge is 0.398 e. The van der Waals surface area contributed by atoms with E-state index in [4.69, 9.17) is 8.85 Å². The molecule has 0 unspecified atom stereocenters. The van der Waals surface area contributed by atoms with Gasteiger partial charge in [0, 0.05) is 20.0 Å². The normalized spacial score (nSPS) is 12.1. The zero-order valence-corrected chi connectivity index (χ0v) is 16.6. The van der Waals surface area contributed by atoms with Gasteiger partial charge in [-0.25, -0.2) is 4.98 Å². The third-order valence-electron chi connectivity index (χ3n) is 3.15. The van der Waals surface area contributed by atoms with Crippen LogP contribution in [0.5, 0.6) is 0 Å². The van der Waals surface area contributed by atoms with Gasteiger partial charge in [0.15, 0.2) is 4.34 Å². The van der Waals surface area contributed by atoms with E-state index in [9.17, 15) is 0 Å². The third-order valence-corrected chi connectivity index (χ3v) is 11.6. The standard InChI is InChI=1S/C13H19NO2S4Si/c1-15-21(3,16-2)10-6-9-17-20-19-13-14-11-7-4-5-8-12(11)18-13/h4-5,7-8H,6,9-10H2,1-3H3. The lowest BCUT2D eigenvalue weighted by Crippen LogP contribution is -2.35.